The molecular formula is C12H12N6O2. The van der Waals surface area contributed by atoms with Crippen molar-refractivity contribution in [2.45, 2.75) is 13.5 Å². The number of pyridine rings is 1. The van der Waals surface area contributed by atoms with Crippen molar-refractivity contribution in [3.8, 4) is 6.07 Å². The predicted octanol–water partition coefficient (Wildman–Crippen LogP) is 1.52. The highest BCUT2D eigenvalue weighted by atomic mass is 16.6. The van der Waals surface area contributed by atoms with Crippen LogP contribution >= 0.6 is 0 Å². The molecule has 2 aromatic rings. The summed E-state index contributed by atoms with van der Waals surface area (Å²) in [5, 5.41) is 26.8. The van der Waals surface area contributed by atoms with Gasteiger partial charge in [0.1, 0.15) is 23.6 Å². The van der Waals surface area contributed by atoms with Crippen LogP contribution in [-0.2, 0) is 13.6 Å². The third kappa shape index (κ3) is 2.72. The summed E-state index contributed by atoms with van der Waals surface area (Å²) in [4.78, 5) is 14.0. The molecule has 8 nitrogen and oxygen atoms in total. The van der Waals surface area contributed by atoms with Gasteiger partial charge >= 0.3 is 0 Å². The smallest absolute Gasteiger partial charge is 0.289 e. The maximum absolute atomic E-state index is 10.6. The second-order valence-corrected chi connectivity index (χ2v) is 4.23. The molecule has 2 aromatic heterocycles. The van der Waals surface area contributed by atoms with E-state index in [1.54, 1.807) is 4.68 Å². The molecule has 0 aromatic carbocycles. The van der Waals surface area contributed by atoms with E-state index in [0.717, 1.165) is 17.5 Å². The molecule has 8 heteroatoms. The number of rotatable bonds is 4. The molecule has 0 radical (unpaired) electrons. The van der Waals surface area contributed by atoms with E-state index in [1.165, 1.54) is 6.07 Å². The fourth-order valence-corrected chi connectivity index (χ4v) is 1.78. The predicted molar refractivity (Wildman–Crippen MR) is 70.9 cm³/mol. The molecule has 2 rings (SSSR count). The number of anilines is 1. The second kappa shape index (κ2) is 5.36. The molecule has 0 atom stereocenters. The van der Waals surface area contributed by atoms with Crippen LogP contribution in [0, 0.1) is 28.4 Å². The third-order valence-corrected chi connectivity index (χ3v) is 2.77. The molecule has 0 aliphatic carbocycles. The van der Waals surface area contributed by atoms with E-state index in [1.807, 2.05) is 26.2 Å². The molecule has 0 aliphatic heterocycles. The van der Waals surface area contributed by atoms with Crippen LogP contribution in [0.3, 0.4) is 0 Å². The van der Waals surface area contributed by atoms with Crippen molar-refractivity contribution < 1.29 is 4.92 Å². The minimum atomic E-state index is -0.580. The summed E-state index contributed by atoms with van der Waals surface area (Å²) in [6.07, 6.45) is 2.99. The summed E-state index contributed by atoms with van der Waals surface area (Å²) in [5.41, 5.74) is 1.78. The first-order valence-corrected chi connectivity index (χ1v) is 5.78. The number of nitrogens with one attached hydrogen (secondary N) is 1. The van der Waals surface area contributed by atoms with Crippen molar-refractivity contribution >= 4 is 11.5 Å². The zero-order valence-electron chi connectivity index (χ0n) is 11.0. The van der Waals surface area contributed by atoms with Gasteiger partial charge in [-0.3, -0.25) is 14.8 Å². The molecule has 0 bridgehead atoms. The van der Waals surface area contributed by atoms with Gasteiger partial charge < -0.3 is 5.32 Å². The van der Waals surface area contributed by atoms with Crippen LogP contribution in [0.5, 0.6) is 0 Å². The van der Waals surface area contributed by atoms with E-state index in [9.17, 15) is 10.1 Å². The Bertz CT molecular complexity index is 700. The van der Waals surface area contributed by atoms with Crippen LogP contribution in [0.25, 0.3) is 0 Å². The number of hydrogen-bond donors (Lipinski definition) is 1. The highest BCUT2D eigenvalue weighted by Gasteiger charge is 2.12. The summed E-state index contributed by atoms with van der Waals surface area (Å²) < 4.78 is 1.70. The van der Waals surface area contributed by atoms with E-state index in [2.05, 4.69) is 15.4 Å². The molecule has 1 N–H and O–H groups in total. The van der Waals surface area contributed by atoms with E-state index in [0.29, 0.717) is 12.4 Å². The summed E-state index contributed by atoms with van der Waals surface area (Å²) in [7, 11) is 1.82. The van der Waals surface area contributed by atoms with Gasteiger partial charge in [0.05, 0.1) is 10.6 Å². The number of nitriles is 1. The average molecular weight is 272 g/mol. The highest BCUT2D eigenvalue weighted by Crippen LogP contribution is 2.19. The van der Waals surface area contributed by atoms with Crippen LogP contribution in [0.1, 0.15) is 16.8 Å². The monoisotopic (exact) mass is 272 g/mol. The summed E-state index contributed by atoms with van der Waals surface area (Å²) in [6, 6.07) is 3.10. The Kier molecular flexibility index (Phi) is 3.61. The Balaban J connectivity index is 2.20. The molecule has 20 heavy (non-hydrogen) atoms. The van der Waals surface area contributed by atoms with E-state index in [-0.39, 0.29) is 11.3 Å². The molecule has 0 saturated heterocycles. The van der Waals surface area contributed by atoms with Crippen LogP contribution in [0.4, 0.5) is 11.5 Å². The van der Waals surface area contributed by atoms with Crippen molar-refractivity contribution in [1.29, 1.82) is 5.26 Å². The third-order valence-electron chi connectivity index (χ3n) is 2.77. The SMILES string of the molecule is Cc1nn(C)cc1CNc1ncc([N+](=O)[O-])cc1C#N. The second-order valence-electron chi connectivity index (χ2n) is 4.23. The van der Waals surface area contributed by atoms with Gasteiger partial charge in [-0.2, -0.15) is 10.4 Å². The van der Waals surface area contributed by atoms with E-state index in [4.69, 9.17) is 5.26 Å². The fraction of sp³-hybridized carbons (Fsp3) is 0.250. The number of aromatic nitrogens is 3. The molecule has 0 fully saturated rings. The Hall–Kier alpha value is -2.95. The molecule has 2 heterocycles. The molecule has 0 saturated carbocycles. The van der Waals surface area contributed by atoms with Crippen LogP contribution in [-0.4, -0.2) is 19.7 Å². The van der Waals surface area contributed by atoms with Gasteiger partial charge in [-0.15, -0.1) is 0 Å². The summed E-state index contributed by atoms with van der Waals surface area (Å²) in [5.74, 6) is 0.321. The van der Waals surface area contributed by atoms with Crippen molar-refractivity contribution in [3.05, 3.63) is 45.4 Å². The zero-order valence-corrected chi connectivity index (χ0v) is 11.0. The lowest BCUT2D eigenvalue weighted by atomic mass is 10.2. The van der Waals surface area contributed by atoms with Gasteiger partial charge in [-0.25, -0.2) is 4.98 Å². The van der Waals surface area contributed by atoms with E-state index < -0.39 is 4.92 Å². The largest absolute Gasteiger partial charge is 0.365 e. The normalized spacial score (nSPS) is 10.1. The Morgan fingerprint density at radius 3 is 2.90 bits per heavy atom. The Labute approximate surface area is 114 Å². The van der Waals surface area contributed by atoms with Gasteiger partial charge in [0.25, 0.3) is 5.69 Å². The lowest BCUT2D eigenvalue weighted by Crippen LogP contribution is -2.04. The van der Waals surface area contributed by atoms with Gasteiger partial charge in [-0.05, 0) is 6.92 Å². The fourth-order valence-electron chi connectivity index (χ4n) is 1.78. The van der Waals surface area contributed by atoms with Gasteiger partial charge in [0.15, 0.2) is 0 Å². The molecule has 0 aliphatic rings. The first-order valence-electron chi connectivity index (χ1n) is 5.78. The van der Waals surface area contributed by atoms with Crippen molar-refractivity contribution in [3.63, 3.8) is 0 Å². The lowest BCUT2D eigenvalue weighted by molar-refractivity contribution is -0.385. The number of nitro groups is 1. The Morgan fingerprint density at radius 1 is 1.60 bits per heavy atom. The van der Waals surface area contributed by atoms with Gasteiger partial charge in [0, 0.05) is 31.4 Å². The molecule has 0 amide bonds. The molecular weight excluding hydrogens is 260 g/mol. The molecule has 102 valence electrons. The standard InChI is InChI=1S/C12H12N6O2/c1-8-10(7-17(2)16-8)5-14-12-9(4-13)3-11(6-15-12)18(19)20/h3,6-7H,5H2,1-2H3,(H,14,15). The average Bonchev–Trinajstić information content (AvgIpc) is 2.74. The van der Waals surface area contributed by atoms with Crippen LogP contribution < -0.4 is 5.32 Å². The maximum atomic E-state index is 10.6. The summed E-state index contributed by atoms with van der Waals surface area (Å²) in [6.45, 7) is 2.32. The molecule has 0 spiro atoms. The first kappa shape index (κ1) is 13.5. The van der Waals surface area contributed by atoms with Crippen LogP contribution in [0.15, 0.2) is 18.5 Å². The number of nitrogens with zero attached hydrogens (tertiary/aromatic N) is 5. The minimum Gasteiger partial charge on any atom is -0.365 e. The summed E-state index contributed by atoms with van der Waals surface area (Å²) >= 11 is 0. The first-order chi connectivity index (χ1) is 9.51. The van der Waals surface area contributed by atoms with Gasteiger partial charge in [0.2, 0.25) is 0 Å². The van der Waals surface area contributed by atoms with Crippen molar-refractivity contribution in [2.24, 2.45) is 7.05 Å². The lowest BCUT2D eigenvalue weighted by Gasteiger charge is -2.06. The minimum absolute atomic E-state index is 0.140. The molecule has 0 unspecified atom stereocenters. The number of hydrogen-bond acceptors (Lipinski definition) is 6. The van der Waals surface area contributed by atoms with Crippen molar-refractivity contribution in [1.82, 2.24) is 14.8 Å². The Morgan fingerprint density at radius 2 is 2.35 bits per heavy atom. The van der Waals surface area contributed by atoms with Gasteiger partial charge in [-0.1, -0.05) is 0 Å². The quantitative estimate of drug-likeness (QED) is 0.667. The highest BCUT2D eigenvalue weighted by molar-refractivity contribution is 5.55. The van der Waals surface area contributed by atoms with Crippen LogP contribution in [0.2, 0.25) is 0 Å². The zero-order chi connectivity index (χ0) is 14.7. The maximum Gasteiger partial charge on any atom is 0.289 e. The van der Waals surface area contributed by atoms with Crippen molar-refractivity contribution in [2.75, 3.05) is 5.32 Å². The topological polar surface area (TPSA) is 110 Å². The number of aryl methyl sites for hydroxylation is 2. The van der Waals surface area contributed by atoms with E-state index >= 15 is 0 Å².